The molecule has 0 aliphatic carbocycles. The van der Waals surface area contributed by atoms with E-state index in [0.717, 1.165) is 16.4 Å². The third kappa shape index (κ3) is 5.37. The number of aliphatic carboxylic acids is 1. The van der Waals surface area contributed by atoms with Gasteiger partial charge in [0.05, 0.1) is 4.91 Å². The molecule has 15 heteroatoms. The number of β-lactam (4-membered cyclic amide) rings is 1. The van der Waals surface area contributed by atoms with Crippen molar-refractivity contribution in [3.8, 4) is 0 Å². The lowest BCUT2D eigenvalue weighted by Crippen LogP contribution is -2.71. The van der Waals surface area contributed by atoms with Gasteiger partial charge < -0.3 is 21.0 Å². The van der Waals surface area contributed by atoms with Crippen molar-refractivity contribution >= 4 is 63.9 Å². The molecular formula is C21H22N7O5S3+. The largest absolute Gasteiger partial charge is 0.477 e. The summed E-state index contributed by atoms with van der Waals surface area (Å²) in [7, 11) is 0. The molecule has 36 heavy (non-hydrogen) atoms. The Morgan fingerprint density at radius 3 is 2.81 bits per heavy atom. The van der Waals surface area contributed by atoms with Crippen LogP contribution in [-0.2, 0) is 19.2 Å². The minimum Gasteiger partial charge on any atom is -0.477 e. The molecule has 188 valence electrons. The molecule has 4 heterocycles. The van der Waals surface area contributed by atoms with Crippen LogP contribution in [-0.4, -0.2) is 66.6 Å². The van der Waals surface area contributed by atoms with Gasteiger partial charge in [0, 0.05) is 29.4 Å². The van der Waals surface area contributed by atoms with Crippen LogP contribution in [0.4, 0.5) is 5.13 Å². The molecule has 0 spiro atoms. The molecule has 2 atom stereocenters. The van der Waals surface area contributed by atoms with Crippen molar-refractivity contribution in [1.82, 2.24) is 19.6 Å². The number of anilines is 1. The standard InChI is InChI=1S/C21H21N7O5S3/c1-3-33-25-13(16-24-21(22)35-26-16)17(29)23-14-18(30)28-15(20(31)32)12(10-34-19(14)28)9-11(2)36-27-7-5-4-6-8-27/h4-9,14,19H,3,10H2,1-2H3,(H3-,22,23,24,26,29,31,32)/p+1/t14?,19-/m0/s1. The Bertz CT molecular complexity index is 1280. The van der Waals surface area contributed by atoms with Gasteiger partial charge in [-0.15, -0.1) is 15.7 Å². The number of hydrogen-bond acceptors (Lipinski definition) is 11. The van der Waals surface area contributed by atoms with E-state index >= 15 is 0 Å². The highest BCUT2D eigenvalue weighted by Gasteiger charge is 2.54. The maximum Gasteiger partial charge on any atom is 0.352 e. The van der Waals surface area contributed by atoms with Gasteiger partial charge in [-0.05, 0) is 25.5 Å². The van der Waals surface area contributed by atoms with Gasteiger partial charge in [0.25, 0.3) is 11.8 Å². The van der Waals surface area contributed by atoms with Gasteiger partial charge in [-0.3, -0.25) is 14.5 Å². The second-order valence-electron chi connectivity index (χ2n) is 7.44. The van der Waals surface area contributed by atoms with Crippen molar-refractivity contribution in [2.45, 2.75) is 25.3 Å². The first kappa shape index (κ1) is 25.7. The van der Waals surface area contributed by atoms with Crippen molar-refractivity contribution < 1.29 is 28.3 Å². The third-order valence-corrected chi connectivity index (χ3v) is 7.66. The normalized spacial score (nSPS) is 20.1. The zero-order valence-corrected chi connectivity index (χ0v) is 21.6. The lowest BCUT2D eigenvalue weighted by atomic mass is 10.0. The number of fused-ring (bicyclic) bond motifs is 1. The Balaban J connectivity index is 1.52. The van der Waals surface area contributed by atoms with Crippen LogP contribution in [0.5, 0.6) is 0 Å². The van der Waals surface area contributed by atoms with Crippen molar-refractivity contribution in [1.29, 1.82) is 0 Å². The van der Waals surface area contributed by atoms with Crippen LogP contribution in [0.15, 0.2) is 58.0 Å². The Morgan fingerprint density at radius 1 is 1.42 bits per heavy atom. The van der Waals surface area contributed by atoms with Crippen molar-refractivity contribution in [3.63, 3.8) is 0 Å². The smallest absolute Gasteiger partial charge is 0.352 e. The molecule has 2 aromatic rings. The van der Waals surface area contributed by atoms with Crippen LogP contribution in [0.1, 0.15) is 19.7 Å². The summed E-state index contributed by atoms with van der Waals surface area (Å²) < 4.78 is 5.87. The zero-order chi connectivity index (χ0) is 25.8. The number of nitrogens with one attached hydrogen (secondary N) is 1. The maximum atomic E-state index is 13.0. The summed E-state index contributed by atoms with van der Waals surface area (Å²) >= 11 is 3.68. The lowest BCUT2D eigenvalue weighted by Gasteiger charge is -2.49. The van der Waals surface area contributed by atoms with Gasteiger partial charge in [-0.2, -0.15) is 9.36 Å². The van der Waals surface area contributed by atoms with Crippen LogP contribution in [0.25, 0.3) is 0 Å². The second kappa shape index (κ2) is 11.1. The van der Waals surface area contributed by atoms with Crippen molar-refractivity contribution in [2.75, 3.05) is 18.1 Å². The van der Waals surface area contributed by atoms with Crippen LogP contribution in [0, 0.1) is 0 Å². The number of carboxylic acid groups (broad SMARTS) is 1. The Morgan fingerprint density at radius 2 is 2.17 bits per heavy atom. The van der Waals surface area contributed by atoms with Gasteiger partial charge >= 0.3 is 5.97 Å². The van der Waals surface area contributed by atoms with Crippen molar-refractivity contribution in [3.05, 3.63) is 58.7 Å². The molecule has 2 aromatic heterocycles. The fourth-order valence-corrected chi connectivity index (χ4v) is 6.02. The maximum absolute atomic E-state index is 13.0. The molecule has 1 saturated heterocycles. The number of nitrogens with two attached hydrogens (primary N) is 1. The predicted octanol–water partition coefficient (Wildman–Crippen LogP) is 0.987. The van der Waals surface area contributed by atoms with E-state index < -0.39 is 29.2 Å². The number of hydrogen-bond donors (Lipinski definition) is 3. The van der Waals surface area contributed by atoms with E-state index in [9.17, 15) is 19.5 Å². The molecule has 12 nitrogen and oxygen atoms in total. The summed E-state index contributed by atoms with van der Waals surface area (Å²) in [6, 6.07) is 4.74. The number of carbonyl (C=O) groups excluding carboxylic acids is 2. The van der Waals surface area contributed by atoms with E-state index in [4.69, 9.17) is 10.6 Å². The molecule has 4 rings (SSSR count). The number of nitrogens with zero attached hydrogens (tertiary/aromatic N) is 5. The highest BCUT2D eigenvalue weighted by Crippen LogP contribution is 2.41. The van der Waals surface area contributed by atoms with E-state index in [1.165, 1.54) is 28.6 Å². The lowest BCUT2D eigenvalue weighted by molar-refractivity contribution is -0.493. The van der Waals surface area contributed by atoms with Gasteiger partial charge in [-0.25, -0.2) is 4.79 Å². The average Bonchev–Trinajstić information content (AvgIpc) is 3.28. The number of carbonyl (C=O) groups is 3. The summed E-state index contributed by atoms with van der Waals surface area (Å²) in [5, 5.41) is 15.9. The molecule has 2 aliphatic rings. The average molecular weight is 549 g/mol. The molecular weight excluding hydrogens is 526 g/mol. The van der Waals surface area contributed by atoms with Crippen LogP contribution in [0.3, 0.4) is 0 Å². The Hall–Kier alpha value is -3.43. The fourth-order valence-electron chi connectivity index (χ4n) is 3.49. The molecule has 0 radical (unpaired) electrons. The SMILES string of the molecule is CCON=C(C(=O)NC1C(=O)N2C(C(=O)O)=C(C=C(C)S[n+]3ccccc3)CS[C@@H]12)c1nsc(N)n1. The topological polar surface area (TPSA) is 164 Å². The molecule has 1 fully saturated rings. The summed E-state index contributed by atoms with van der Waals surface area (Å²) in [6.07, 6.45) is 5.53. The molecule has 2 aliphatic heterocycles. The first-order valence-electron chi connectivity index (χ1n) is 10.6. The van der Waals surface area contributed by atoms with E-state index in [-0.39, 0.29) is 29.0 Å². The molecule has 0 bridgehead atoms. The van der Waals surface area contributed by atoms with Gasteiger partial charge in [0.2, 0.25) is 11.5 Å². The Labute approximate surface area is 218 Å². The zero-order valence-electron chi connectivity index (χ0n) is 19.2. The highest BCUT2D eigenvalue weighted by molar-refractivity contribution is 8.00. The first-order valence-corrected chi connectivity index (χ1v) is 13.2. The van der Waals surface area contributed by atoms with Gasteiger partial charge in [0.1, 0.15) is 23.7 Å². The summed E-state index contributed by atoms with van der Waals surface area (Å²) in [4.78, 5) is 49.1. The second-order valence-corrected chi connectivity index (χ2v) is 10.6. The quantitative estimate of drug-likeness (QED) is 0.178. The summed E-state index contributed by atoms with van der Waals surface area (Å²) in [6.45, 7) is 3.76. The highest BCUT2D eigenvalue weighted by atomic mass is 32.2. The summed E-state index contributed by atoms with van der Waals surface area (Å²) in [5.74, 6) is -2.14. The van der Waals surface area contributed by atoms with E-state index in [1.54, 1.807) is 13.0 Å². The van der Waals surface area contributed by atoms with Gasteiger partial charge in [-0.1, -0.05) is 11.2 Å². The van der Waals surface area contributed by atoms with Crippen LogP contribution >= 0.6 is 35.2 Å². The number of nitrogen functional groups attached to an aromatic ring is 1. The number of aromatic nitrogens is 3. The number of oxime groups is 1. The molecule has 0 aromatic carbocycles. The number of allylic oxidation sites excluding steroid dienone is 2. The fraction of sp³-hybridized carbons (Fsp3) is 0.286. The first-order chi connectivity index (χ1) is 17.3. The van der Waals surface area contributed by atoms with Gasteiger partial charge in [0.15, 0.2) is 29.5 Å². The molecule has 1 unspecified atom stereocenters. The van der Waals surface area contributed by atoms with E-state index in [0.29, 0.717) is 11.3 Å². The Kier molecular flexibility index (Phi) is 7.91. The van der Waals surface area contributed by atoms with E-state index in [2.05, 4.69) is 19.8 Å². The third-order valence-electron chi connectivity index (χ3n) is 4.96. The molecule has 4 N–H and O–H groups in total. The molecule has 2 amide bonds. The number of carboxylic acids is 1. The summed E-state index contributed by atoms with van der Waals surface area (Å²) in [5.41, 5.74) is 5.82. The minimum absolute atomic E-state index is 0.0221. The monoisotopic (exact) mass is 548 g/mol. The van der Waals surface area contributed by atoms with Crippen molar-refractivity contribution in [2.24, 2.45) is 5.16 Å². The van der Waals surface area contributed by atoms with E-state index in [1.807, 2.05) is 41.5 Å². The number of pyridine rings is 1. The minimum atomic E-state index is -1.21. The molecule has 0 saturated carbocycles. The number of thioether (sulfide) groups is 1. The van der Waals surface area contributed by atoms with Crippen LogP contribution in [0.2, 0.25) is 0 Å². The number of rotatable bonds is 9. The number of amides is 2. The predicted molar refractivity (Wildman–Crippen MR) is 136 cm³/mol. The van der Waals surface area contributed by atoms with Crippen LogP contribution < -0.4 is 15.0 Å².